The second-order valence-electron chi connectivity index (χ2n) is 7.36. The zero-order chi connectivity index (χ0) is 21.9. The lowest BCUT2D eigenvalue weighted by atomic mass is 10.0. The second kappa shape index (κ2) is 12.3. The second-order valence-corrected chi connectivity index (χ2v) is 7.36. The van der Waals surface area contributed by atoms with Crippen LogP contribution in [0.1, 0.15) is 48.6 Å². The van der Waals surface area contributed by atoms with Gasteiger partial charge >= 0.3 is 0 Å². The maximum atomic E-state index is 9.39. The van der Waals surface area contributed by atoms with E-state index in [9.17, 15) is 5.11 Å². The molecule has 0 aliphatic heterocycles. The van der Waals surface area contributed by atoms with Crippen LogP contribution in [-0.4, -0.2) is 53.1 Å². The Morgan fingerprint density at radius 3 is 2.63 bits per heavy atom. The summed E-state index contributed by atoms with van der Waals surface area (Å²) in [5.41, 5.74) is 9.81. The third kappa shape index (κ3) is 6.83. The Hall–Kier alpha value is -2.42. The summed E-state index contributed by atoms with van der Waals surface area (Å²) in [6.45, 7) is 5.48. The van der Waals surface area contributed by atoms with Gasteiger partial charge < -0.3 is 31.3 Å². The molecule has 8 nitrogen and oxygen atoms in total. The van der Waals surface area contributed by atoms with Crippen LogP contribution in [0.15, 0.2) is 18.2 Å². The minimum atomic E-state index is 0.108. The molecule has 1 aromatic carbocycles. The van der Waals surface area contributed by atoms with Gasteiger partial charge in [-0.2, -0.15) is 4.98 Å². The number of nitrogen functional groups attached to an aromatic ring is 1. The smallest absolute Gasteiger partial charge is 0.222 e. The van der Waals surface area contributed by atoms with E-state index in [4.69, 9.17) is 15.6 Å². The molecule has 0 spiro atoms. The molecule has 1 heterocycles. The van der Waals surface area contributed by atoms with Gasteiger partial charge in [-0.25, -0.2) is 4.98 Å². The number of nitrogens with one attached hydrogen (secondary N) is 2. The number of aliphatic hydroxyl groups is 2. The van der Waals surface area contributed by atoms with Crippen molar-refractivity contribution < 1.29 is 14.9 Å². The number of benzene rings is 1. The van der Waals surface area contributed by atoms with Crippen LogP contribution < -0.4 is 21.1 Å². The van der Waals surface area contributed by atoms with Crippen LogP contribution in [0.4, 0.5) is 11.8 Å². The number of aromatic nitrogens is 2. The molecule has 30 heavy (non-hydrogen) atoms. The van der Waals surface area contributed by atoms with Crippen molar-refractivity contribution in [1.82, 2.24) is 15.3 Å². The number of aliphatic hydroxyl groups excluding tert-OH is 2. The van der Waals surface area contributed by atoms with E-state index in [-0.39, 0.29) is 25.2 Å². The lowest BCUT2D eigenvalue weighted by Crippen LogP contribution is -2.23. The molecular formula is C22H35N5O3. The van der Waals surface area contributed by atoms with Crippen LogP contribution in [0.3, 0.4) is 0 Å². The highest BCUT2D eigenvalue weighted by molar-refractivity contribution is 5.53. The van der Waals surface area contributed by atoms with Crippen molar-refractivity contribution in [2.75, 3.05) is 37.9 Å². The van der Waals surface area contributed by atoms with Crippen LogP contribution in [0.2, 0.25) is 0 Å². The molecule has 2 aromatic rings. The number of aryl methyl sites for hydroxylation is 1. The van der Waals surface area contributed by atoms with Gasteiger partial charge in [-0.1, -0.05) is 25.5 Å². The van der Waals surface area contributed by atoms with Crippen molar-refractivity contribution in [3.05, 3.63) is 40.6 Å². The SMILES string of the molecule is CCC[C@@H](CCO)Nc1nc(N)nc(C)c1Cc1ccc(CNCCO)cc1OC. The summed E-state index contributed by atoms with van der Waals surface area (Å²) in [5, 5.41) is 25.0. The Balaban J connectivity index is 2.30. The van der Waals surface area contributed by atoms with E-state index in [1.807, 2.05) is 19.1 Å². The van der Waals surface area contributed by atoms with Crippen LogP contribution >= 0.6 is 0 Å². The Morgan fingerprint density at radius 2 is 1.97 bits per heavy atom. The van der Waals surface area contributed by atoms with Gasteiger partial charge in [0.1, 0.15) is 11.6 Å². The van der Waals surface area contributed by atoms with Crippen molar-refractivity contribution in [3.63, 3.8) is 0 Å². The number of hydrogen-bond acceptors (Lipinski definition) is 8. The highest BCUT2D eigenvalue weighted by atomic mass is 16.5. The average Bonchev–Trinajstić information content (AvgIpc) is 2.71. The van der Waals surface area contributed by atoms with Gasteiger partial charge in [-0.05, 0) is 37.0 Å². The van der Waals surface area contributed by atoms with E-state index in [2.05, 4.69) is 33.6 Å². The zero-order valence-electron chi connectivity index (χ0n) is 18.2. The number of ether oxygens (including phenoxy) is 1. The number of hydrogen-bond donors (Lipinski definition) is 5. The number of nitrogens with two attached hydrogens (primary N) is 1. The van der Waals surface area contributed by atoms with Gasteiger partial charge in [0, 0.05) is 43.4 Å². The quantitative estimate of drug-likeness (QED) is 0.313. The van der Waals surface area contributed by atoms with Crippen molar-refractivity contribution in [2.24, 2.45) is 0 Å². The summed E-state index contributed by atoms with van der Waals surface area (Å²) in [7, 11) is 1.66. The minimum absolute atomic E-state index is 0.108. The topological polar surface area (TPSA) is 126 Å². The third-order valence-electron chi connectivity index (χ3n) is 5.02. The molecule has 0 aliphatic rings. The van der Waals surface area contributed by atoms with E-state index in [0.29, 0.717) is 31.7 Å². The highest BCUT2D eigenvalue weighted by Gasteiger charge is 2.17. The molecule has 6 N–H and O–H groups in total. The molecule has 166 valence electrons. The molecule has 1 aromatic heterocycles. The number of anilines is 2. The molecule has 0 fully saturated rings. The molecule has 0 unspecified atom stereocenters. The van der Waals surface area contributed by atoms with Crippen LogP contribution in [0.25, 0.3) is 0 Å². The lowest BCUT2D eigenvalue weighted by molar-refractivity contribution is 0.276. The first kappa shape index (κ1) is 23.9. The number of methoxy groups -OCH3 is 1. The minimum Gasteiger partial charge on any atom is -0.496 e. The molecule has 8 heteroatoms. The van der Waals surface area contributed by atoms with E-state index in [0.717, 1.165) is 41.0 Å². The number of rotatable bonds is 13. The summed E-state index contributed by atoms with van der Waals surface area (Å²) in [5.74, 6) is 1.74. The first-order valence-electron chi connectivity index (χ1n) is 10.5. The zero-order valence-corrected chi connectivity index (χ0v) is 18.2. The largest absolute Gasteiger partial charge is 0.496 e. The van der Waals surface area contributed by atoms with Crippen molar-refractivity contribution in [1.29, 1.82) is 0 Å². The van der Waals surface area contributed by atoms with Gasteiger partial charge in [0.05, 0.1) is 13.7 Å². The van der Waals surface area contributed by atoms with Crippen LogP contribution in [-0.2, 0) is 13.0 Å². The first-order valence-corrected chi connectivity index (χ1v) is 10.5. The van der Waals surface area contributed by atoms with E-state index >= 15 is 0 Å². The molecule has 0 radical (unpaired) electrons. The molecular weight excluding hydrogens is 382 g/mol. The predicted molar refractivity (Wildman–Crippen MR) is 120 cm³/mol. The molecule has 0 saturated heterocycles. The molecule has 2 rings (SSSR count). The van der Waals surface area contributed by atoms with Crippen molar-refractivity contribution in [3.8, 4) is 5.75 Å². The fourth-order valence-corrected chi connectivity index (χ4v) is 3.48. The fraction of sp³-hybridized carbons (Fsp3) is 0.545. The molecule has 0 saturated carbocycles. The summed E-state index contributed by atoms with van der Waals surface area (Å²) < 4.78 is 5.63. The predicted octanol–water partition coefficient (Wildman–Crippen LogP) is 2.01. The first-order chi connectivity index (χ1) is 14.5. The lowest BCUT2D eigenvalue weighted by Gasteiger charge is -2.21. The Kier molecular flexibility index (Phi) is 9.79. The molecule has 0 bridgehead atoms. The molecule has 0 aliphatic carbocycles. The van der Waals surface area contributed by atoms with E-state index in [1.165, 1.54) is 0 Å². The normalized spacial score (nSPS) is 12.0. The average molecular weight is 418 g/mol. The van der Waals surface area contributed by atoms with Crippen LogP contribution in [0, 0.1) is 6.92 Å². The van der Waals surface area contributed by atoms with Crippen molar-refractivity contribution >= 4 is 11.8 Å². The fourth-order valence-electron chi connectivity index (χ4n) is 3.48. The van der Waals surface area contributed by atoms with Crippen molar-refractivity contribution in [2.45, 2.75) is 52.1 Å². The van der Waals surface area contributed by atoms with Gasteiger partial charge in [0.2, 0.25) is 5.95 Å². The summed E-state index contributed by atoms with van der Waals surface area (Å²) >= 11 is 0. The number of nitrogens with zero attached hydrogens (tertiary/aromatic N) is 2. The van der Waals surface area contributed by atoms with E-state index < -0.39 is 0 Å². The van der Waals surface area contributed by atoms with Crippen LogP contribution in [0.5, 0.6) is 5.75 Å². The summed E-state index contributed by atoms with van der Waals surface area (Å²) in [6, 6.07) is 6.22. The highest BCUT2D eigenvalue weighted by Crippen LogP contribution is 2.28. The molecule has 1 atom stereocenters. The van der Waals surface area contributed by atoms with Gasteiger partial charge in [0.15, 0.2) is 0 Å². The monoisotopic (exact) mass is 417 g/mol. The Labute approximate surface area is 178 Å². The van der Waals surface area contributed by atoms with Gasteiger partial charge in [0.25, 0.3) is 0 Å². The third-order valence-corrected chi connectivity index (χ3v) is 5.02. The maximum Gasteiger partial charge on any atom is 0.222 e. The van der Waals surface area contributed by atoms with Gasteiger partial charge in [-0.15, -0.1) is 0 Å². The Bertz CT molecular complexity index is 795. The van der Waals surface area contributed by atoms with E-state index in [1.54, 1.807) is 7.11 Å². The standard InChI is InChI=1S/C22H35N5O3/c1-4-5-18(8-10-28)26-21-19(15(2)25-22(23)27-21)13-17-7-6-16(12-20(17)30-3)14-24-9-11-29/h6-7,12,18,24,28-29H,4-5,8-11,13-14H2,1-3H3,(H3,23,25,26,27)/t18-/m0/s1. The maximum absolute atomic E-state index is 9.39. The molecule has 0 amide bonds. The Morgan fingerprint density at radius 1 is 1.17 bits per heavy atom. The summed E-state index contributed by atoms with van der Waals surface area (Å²) in [4.78, 5) is 8.81. The summed E-state index contributed by atoms with van der Waals surface area (Å²) in [6.07, 6.45) is 3.18. The van der Waals surface area contributed by atoms with Gasteiger partial charge in [-0.3, -0.25) is 0 Å².